The van der Waals surface area contributed by atoms with Crippen LogP contribution < -0.4 is 16.0 Å². The molecule has 6 nitrogen and oxygen atoms in total. The molecule has 1 aliphatic rings. The summed E-state index contributed by atoms with van der Waals surface area (Å²) in [5, 5.41) is 13.5. The second-order valence-electron chi connectivity index (χ2n) is 8.94. The summed E-state index contributed by atoms with van der Waals surface area (Å²) in [5.41, 5.74) is 8.20. The minimum absolute atomic E-state index is 0.0343. The molecule has 148 valence electrons. The smallest absolute Gasteiger partial charge is 0.237 e. The average Bonchev–Trinajstić information content (AvgIpc) is 2.65. The minimum Gasteiger partial charge on any atom is -0.369 e. The van der Waals surface area contributed by atoms with Crippen LogP contribution in [0, 0.1) is 22.7 Å². The van der Waals surface area contributed by atoms with Gasteiger partial charge in [0.1, 0.15) is 6.07 Å². The summed E-state index contributed by atoms with van der Waals surface area (Å²) >= 11 is 0. The second kappa shape index (κ2) is 7.76. The number of nitrogens with two attached hydrogens (primary N) is 1. The topological polar surface area (TPSA) is 95.0 Å². The highest BCUT2D eigenvalue weighted by Crippen LogP contribution is 2.31. The Labute approximate surface area is 166 Å². The number of nitriles is 1. The summed E-state index contributed by atoms with van der Waals surface area (Å²) in [7, 11) is 0. The number of carbonyl (C=O) groups is 1. The van der Waals surface area contributed by atoms with Crippen molar-refractivity contribution in [2.75, 3.05) is 18.0 Å². The molecule has 0 spiro atoms. The van der Waals surface area contributed by atoms with E-state index < -0.39 is 6.04 Å². The molecule has 2 heterocycles. The Hall–Kier alpha value is -2.65. The Morgan fingerprint density at radius 3 is 2.79 bits per heavy atom. The number of nitrogens with zero attached hydrogens (tertiary/aromatic N) is 3. The first-order valence-corrected chi connectivity index (χ1v) is 9.79. The molecule has 0 saturated carbocycles. The zero-order valence-corrected chi connectivity index (χ0v) is 17.1. The van der Waals surface area contributed by atoms with Gasteiger partial charge in [0.25, 0.3) is 0 Å². The van der Waals surface area contributed by atoms with Crippen molar-refractivity contribution in [3.63, 3.8) is 0 Å². The molecule has 1 amide bonds. The Kier molecular flexibility index (Phi) is 5.57. The zero-order valence-electron chi connectivity index (χ0n) is 17.1. The summed E-state index contributed by atoms with van der Waals surface area (Å²) < 4.78 is 0. The van der Waals surface area contributed by atoms with Crippen LogP contribution in [0.5, 0.6) is 0 Å². The Balaban J connectivity index is 1.85. The van der Waals surface area contributed by atoms with Gasteiger partial charge in [0.05, 0.1) is 17.1 Å². The van der Waals surface area contributed by atoms with Crippen LogP contribution in [0.15, 0.2) is 30.5 Å². The van der Waals surface area contributed by atoms with E-state index in [9.17, 15) is 10.1 Å². The molecular formula is C22H29N5O. The van der Waals surface area contributed by atoms with Gasteiger partial charge >= 0.3 is 0 Å². The second-order valence-corrected chi connectivity index (χ2v) is 8.94. The van der Waals surface area contributed by atoms with Crippen LogP contribution in [-0.4, -0.2) is 36.1 Å². The number of rotatable bonds is 3. The number of fused-ring (bicyclic) bond motifs is 1. The monoisotopic (exact) mass is 379 g/mol. The van der Waals surface area contributed by atoms with Crippen molar-refractivity contribution in [2.45, 2.75) is 46.2 Å². The highest BCUT2D eigenvalue weighted by atomic mass is 16.2. The van der Waals surface area contributed by atoms with E-state index in [0.29, 0.717) is 18.0 Å². The van der Waals surface area contributed by atoms with Gasteiger partial charge in [-0.3, -0.25) is 9.78 Å². The fraction of sp³-hybridized carbons (Fsp3) is 0.500. The van der Waals surface area contributed by atoms with Crippen molar-refractivity contribution >= 4 is 22.5 Å². The molecule has 0 bridgehead atoms. The summed E-state index contributed by atoms with van der Waals surface area (Å²) in [6.07, 6.45) is 2.63. The maximum Gasteiger partial charge on any atom is 0.237 e. The van der Waals surface area contributed by atoms with Crippen molar-refractivity contribution in [1.29, 1.82) is 5.26 Å². The van der Waals surface area contributed by atoms with E-state index in [1.165, 1.54) is 0 Å². The SMILES string of the molecule is C[C@H]1C[C@@H](NC(=O)C(N)C(C)(C)C)CN(c2ccc(C#N)c3ncccc23)C1. The fourth-order valence-corrected chi connectivity index (χ4v) is 3.86. The van der Waals surface area contributed by atoms with Crippen molar-refractivity contribution in [3.8, 4) is 6.07 Å². The van der Waals surface area contributed by atoms with Crippen LogP contribution in [-0.2, 0) is 4.79 Å². The van der Waals surface area contributed by atoms with Crippen molar-refractivity contribution in [2.24, 2.45) is 17.1 Å². The number of anilines is 1. The average molecular weight is 380 g/mol. The molecule has 0 aliphatic carbocycles. The first-order valence-electron chi connectivity index (χ1n) is 9.79. The van der Waals surface area contributed by atoms with Crippen LogP contribution >= 0.6 is 0 Å². The zero-order chi connectivity index (χ0) is 20.5. The predicted molar refractivity (Wildman–Crippen MR) is 112 cm³/mol. The first kappa shape index (κ1) is 20.1. The molecule has 1 saturated heterocycles. The lowest BCUT2D eigenvalue weighted by molar-refractivity contribution is -0.125. The fourth-order valence-electron chi connectivity index (χ4n) is 3.86. The van der Waals surface area contributed by atoms with E-state index >= 15 is 0 Å². The van der Waals surface area contributed by atoms with E-state index in [1.54, 1.807) is 6.20 Å². The Bertz CT molecular complexity index is 911. The van der Waals surface area contributed by atoms with E-state index in [-0.39, 0.29) is 17.4 Å². The molecule has 1 aromatic heterocycles. The van der Waals surface area contributed by atoms with Gasteiger partial charge in [-0.25, -0.2) is 0 Å². The van der Waals surface area contributed by atoms with Crippen molar-refractivity contribution in [1.82, 2.24) is 10.3 Å². The third-order valence-corrected chi connectivity index (χ3v) is 5.43. The molecular weight excluding hydrogens is 350 g/mol. The molecule has 6 heteroatoms. The van der Waals surface area contributed by atoms with Crippen LogP contribution in [0.1, 0.15) is 39.7 Å². The normalized spacial score (nSPS) is 21.2. The van der Waals surface area contributed by atoms with Gasteiger partial charge in [-0.2, -0.15) is 5.26 Å². The van der Waals surface area contributed by atoms with Crippen LogP contribution in [0.2, 0.25) is 0 Å². The largest absolute Gasteiger partial charge is 0.369 e. The standard InChI is InChI=1S/C22H29N5O/c1-14-10-16(26-21(28)20(24)22(2,3)4)13-27(12-14)18-8-7-15(11-23)19-17(18)6-5-9-25-19/h5-9,14,16,20H,10,12-13,24H2,1-4H3,(H,26,28)/t14-,16+,20?/m0/s1. The molecule has 2 aromatic rings. The highest BCUT2D eigenvalue weighted by Gasteiger charge is 2.32. The maximum absolute atomic E-state index is 12.6. The Morgan fingerprint density at radius 2 is 2.11 bits per heavy atom. The quantitative estimate of drug-likeness (QED) is 0.855. The third kappa shape index (κ3) is 4.10. The number of piperidine rings is 1. The molecule has 1 aliphatic heterocycles. The first-order chi connectivity index (χ1) is 13.2. The lowest BCUT2D eigenvalue weighted by Gasteiger charge is -2.39. The summed E-state index contributed by atoms with van der Waals surface area (Å²) in [5.74, 6) is 0.324. The van der Waals surface area contributed by atoms with Gasteiger partial charge in [0.15, 0.2) is 0 Å². The molecule has 3 rings (SSSR count). The van der Waals surface area contributed by atoms with E-state index in [0.717, 1.165) is 29.6 Å². The third-order valence-electron chi connectivity index (χ3n) is 5.43. The van der Waals surface area contributed by atoms with E-state index in [2.05, 4.69) is 28.2 Å². The van der Waals surface area contributed by atoms with Crippen molar-refractivity contribution < 1.29 is 4.79 Å². The molecule has 3 N–H and O–H groups in total. The lowest BCUT2D eigenvalue weighted by Crippen LogP contribution is -2.56. The number of benzene rings is 1. The van der Waals surface area contributed by atoms with Crippen LogP contribution in [0.3, 0.4) is 0 Å². The molecule has 3 atom stereocenters. The highest BCUT2D eigenvalue weighted by molar-refractivity contribution is 5.95. The molecule has 28 heavy (non-hydrogen) atoms. The molecule has 1 fully saturated rings. The number of carbonyl (C=O) groups excluding carboxylic acids is 1. The minimum atomic E-state index is -0.543. The van der Waals surface area contributed by atoms with Crippen molar-refractivity contribution in [3.05, 3.63) is 36.0 Å². The van der Waals surface area contributed by atoms with E-state index in [1.807, 2.05) is 45.0 Å². The number of hydrogen-bond acceptors (Lipinski definition) is 5. The maximum atomic E-state index is 12.6. The van der Waals surface area contributed by atoms with E-state index in [4.69, 9.17) is 5.73 Å². The number of pyridine rings is 1. The van der Waals surface area contributed by atoms with Gasteiger partial charge in [-0.05, 0) is 42.0 Å². The molecule has 1 aromatic carbocycles. The van der Waals surface area contributed by atoms with Gasteiger partial charge in [-0.1, -0.05) is 27.7 Å². The van der Waals surface area contributed by atoms with Gasteiger partial charge in [0, 0.05) is 36.4 Å². The molecule has 1 unspecified atom stereocenters. The van der Waals surface area contributed by atoms with Gasteiger partial charge < -0.3 is 16.0 Å². The van der Waals surface area contributed by atoms with Crippen LogP contribution in [0.25, 0.3) is 10.9 Å². The predicted octanol–water partition coefficient (Wildman–Crippen LogP) is 2.81. The number of aromatic nitrogens is 1. The summed E-state index contributed by atoms with van der Waals surface area (Å²) in [6, 6.07) is 9.41. The Morgan fingerprint density at radius 1 is 1.36 bits per heavy atom. The van der Waals surface area contributed by atoms with Gasteiger partial charge in [0.2, 0.25) is 5.91 Å². The van der Waals surface area contributed by atoms with Gasteiger partial charge in [-0.15, -0.1) is 0 Å². The summed E-state index contributed by atoms with van der Waals surface area (Å²) in [4.78, 5) is 19.3. The van der Waals surface area contributed by atoms with Crippen LogP contribution in [0.4, 0.5) is 5.69 Å². The number of amides is 1. The number of hydrogen-bond donors (Lipinski definition) is 2. The number of nitrogens with one attached hydrogen (secondary N) is 1. The molecule has 0 radical (unpaired) electrons. The lowest BCUT2D eigenvalue weighted by atomic mass is 9.86. The summed E-state index contributed by atoms with van der Waals surface area (Å²) in [6.45, 7) is 9.73.